The van der Waals surface area contributed by atoms with Crippen molar-refractivity contribution in [3.8, 4) is 0 Å². The Hall–Kier alpha value is -2.31. The van der Waals surface area contributed by atoms with Crippen LogP contribution in [0.3, 0.4) is 0 Å². The average molecular weight is 435 g/mol. The van der Waals surface area contributed by atoms with E-state index in [2.05, 4.69) is 26.0 Å². The molecule has 0 unspecified atom stereocenters. The number of nitrogens with zero attached hydrogens (tertiary/aromatic N) is 1. The van der Waals surface area contributed by atoms with Gasteiger partial charge in [0.1, 0.15) is 6.04 Å². The van der Waals surface area contributed by atoms with Crippen LogP contribution < -0.4 is 0 Å². The molecule has 3 atom stereocenters. The number of amides is 1. The van der Waals surface area contributed by atoms with E-state index in [1.165, 1.54) is 0 Å². The molecule has 2 saturated heterocycles. The molecular weight excluding hydrogens is 401 g/mol. The van der Waals surface area contributed by atoms with Crippen molar-refractivity contribution in [3.05, 3.63) is 71.8 Å². The zero-order valence-corrected chi connectivity index (χ0v) is 19.9. The number of cyclic esters (lactones) is 1. The Bertz CT molecular complexity index is 915. The van der Waals surface area contributed by atoms with Gasteiger partial charge in [-0.25, -0.2) is 4.79 Å². The highest BCUT2D eigenvalue weighted by Crippen LogP contribution is 2.47. The molecular formula is C26H34BNO4. The smallest absolute Gasteiger partial charge is 0.439 e. The normalized spacial score (nSPS) is 25.3. The fourth-order valence-electron chi connectivity index (χ4n) is 4.60. The Morgan fingerprint density at radius 1 is 0.875 bits per heavy atom. The predicted molar refractivity (Wildman–Crippen MR) is 126 cm³/mol. The lowest BCUT2D eigenvalue weighted by Crippen LogP contribution is -2.50. The monoisotopic (exact) mass is 435 g/mol. The van der Waals surface area contributed by atoms with E-state index in [1.807, 2.05) is 81.1 Å². The van der Waals surface area contributed by atoms with Gasteiger partial charge in [0, 0.05) is 0 Å². The summed E-state index contributed by atoms with van der Waals surface area (Å²) in [5.41, 5.74) is 1.07. The zero-order chi connectivity index (χ0) is 23.1. The highest BCUT2D eigenvalue weighted by atomic mass is 16.7. The molecule has 0 N–H and O–H groups in total. The van der Waals surface area contributed by atoms with E-state index in [-0.39, 0.29) is 18.1 Å². The molecule has 0 saturated carbocycles. The van der Waals surface area contributed by atoms with Gasteiger partial charge in [-0.2, -0.15) is 0 Å². The summed E-state index contributed by atoms with van der Waals surface area (Å²) in [4.78, 5) is 15.3. The van der Waals surface area contributed by atoms with Crippen LogP contribution in [0.25, 0.3) is 0 Å². The van der Waals surface area contributed by atoms with Crippen molar-refractivity contribution in [2.45, 2.75) is 77.3 Å². The molecule has 2 aliphatic rings. The summed E-state index contributed by atoms with van der Waals surface area (Å²) < 4.78 is 18.9. The topological polar surface area (TPSA) is 48.0 Å². The van der Waals surface area contributed by atoms with Crippen LogP contribution in [0, 0.1) is 5.92 Å². The van der Waals surface area contributed by atoms with Crippen LogP contribution >= 0.6 is 0 Å². The van der Waals surface area contributed by atoms with E-state index in [0.717, 1.165) is 17.5 Å². The van der Waals surface area contributed by atoms with Gasteiger partial charge in [0.2, 0.25) is 0 Å². The van der Waals surface area contributed by atoms with Crippen LogP contribution in [0.2, 0.25) is 0 Å². The van der Waals surface area contributed by atoms with Crippen molar-refractivity contribution >= 4 is 13.2 Å². The molecule has 0 bridgehead atoms. The molecule has 0 spiro atoms. The van der Waals surface area contributed by atoms with E-state index in [1.54, 1.807) is 0 Å². The van der Waals surface area contributed by atoms with Crippen molar-refractivity contribution in [2.24, 2.45) is 5.92 Å². The summed E-state index contributed by atoms with van der Waals surface area (Å²) in [6, 6.07) is 19.8. The largest absolute Gasteiger partial charge is 0.482 e. The summed E-state index contributed by atoms with van der Waals surface area (Å²) in [5, 5.41) is 0. The quantitative estimate of drug-likeness (QED) is 0.525. The first kappa shape index (κ1) is 22.9. The lowest BCUT2D eigenvalue weighted by Gasteiger charge is -2.34. The molecule has 2 fully saturated rings. The fraction of sp³-hybridized carbons (Fsp3) is 0.500. The van der Waals surface area contributed by atoms with Crippen LogP contribution in [-0.4, -0.2) is 35.3 Å². The van der Waals surface area contributed by atoms with Crippen molar-refractivity contribution in [2.75, 3.05) is 0 Å². The fourth-order valence-corrected chi connectivity index (χ4v) is 4.60. The average Bonchev–Trinajstić information content (AvgIpc) is 3.19. The van der Waals surface area contributed by atoms with Gasteiger partial charge in [-0.3, -0.25) is 4.90 Å². The Morgan fingerprint density at radius 2 is 1.38 bits per heavy atom. The van der Waals surface area contributed by atoms with Gasteiger partial charge in [0.25, 0.3) is 0 Å². The summed E-state index contributed by atoms with van der Waals surface area (Å²) in [6.07, 6.45) is 0.0211. The number of carbonyl (C=O) groups is 1. The van der Waals surface area contributed by atoms with Gasteiger partial charge in [0.15, 0.2) is 6.10 Å². The standard InChI is InChI=1S/C26H34BNO4/c1-18(2)17-21(27-31-25(3,4)26(5,6)32-27)28-22(19-13-9-7-10-14-19)23(30-24(28)29)20-15-11-8-12-16-20/h7-16,18,21-23H,17H2,1-6H3/t21-,22+,23-/m1/s1. The maximum atomic E-state index is 13.4. The maximum absolute atomic E-state index is 13.4. The first-order chi connectivity index (χ1) is 15.1. The Kier molecular flexibility index (Phi) is 6.12. The number of ether oxygens (including phenoxy) is 1. The highest BCUT2D eigenvalue weighted by Gasteiger charge is 2.58. The van der Waals surface area contributed by atoms with E-state index in [4.69, 9.17) is 14.0 Å². The van der Waals surface area contributed by atoms with E-state index >= 15 is 0 Å². The molecule has 32 heavy (non-hydrogen) atoms. The van der Waals surface area contributed by atoms with Gasteiger partial charge in [-0.1, -0.05) is 74.5 Å². The summed E-state index contributed by atoms with van der Waals surface area (Å²) in [5.74, 6) is 0.0708. The first-order valence-corrected chi connectivity index (χ1v) is 11.6. The highest BCUT2D eigenvalue weighted by molar-refractivity contribution is 6.48. The molecule has 5 nitrogen and oxygen atoms in total. The van der Waals surface area contributed by atoms with Gasteiger partial charge >= 0.3 is 13.2 Å². The molecule has 6 heteroatoms. The summed E-state index contributed by atoms with van der Waals surface area (Å²) in [6.45, 7) is 12.5. The van der Waals surface area contributed by atoms with E-state index < -0.39 is 24.4 Å². The molecule has 2 aromatic rings. The Labute approximate surface area is 192 Å². The van der Waals surface area contributed by atoms with Gasteiger partial charge in [-0.15, -0.1) is 0 Å². The number of benzene rings is 2. The molecule has 1 amide bonds. The number of hydrogen-bond donors (Lipinski definition) is 0. The van der Waals surface area contributed by atoms with Gasteiger partial charge in [-0.05, 0) is 51.2 Å². The number of hydrogen-bond acceptors (Lipinski definition) is 4. The maximum Gasteiger partial charge on any atom is 0.482 e. The van der Waals surface area contributed by atoms with Crippen LogP contribution in [0.15, 0.2) is 60.7 Å². The molecule has 4 rings (SSSR count). The molecule has 0 aliphatic carbocycles. The first-order valence-electron chi connectivity index (χ1n) is 11.6. The molecule has 0 aromatic heterocycles. The van der Waals surface area contributed by atoms with E-state index in [0.29, 0.717) is 5.92 Å². The van der Waals surface area contributed by atoms with Crippen molar-refractivity contribution in [1.29, 1.82) is 0 Å². The SMILES string of the molecule is CC(C)C[C@H](B1OC(C)(C)C(C)(C)O1)N1C(=O)O[C@H](c2ccccc2)[C@@H]1c1ccccc1. The lowest BCUT2D eigenvalue weighted by molar-refractivity contribution is 0.00578. The predicted octanol–water partition coefficient (Wildman–Crippen LogP) is 5.97. The molecule has 170 valence electrons. The minimum atomic E-state index is -0.532. The molecule has 0 radical (unpaired) electrons. The summed E-state index contributed by atoms with van der Waals surface area (Å²) >= 11 is 0. The third kappa shape index (κ3) is 4.18. The third-order valence-electron chi connectivity index (χ3n) is 6.95. The Balaban J connectivity index is 1.77. The van der Waals surface area contributed by atoms with Crippen molar-refractivity contribution < 1.29 is 18.8 Å². The van der Waals surface area contributed by atoms with Crippen molar-refractivity contribution in [1.82, 2.24) is 4.90 Å². The van der Waals surface area contributed by atoms with Crippen LogP contribution in [0.5, 0.6) is 0 Å². The molecule has 2 heterocycles. The Morgan fingerprint density at radius 3 is 1.88 bits per heavy atom. The zero-order valence-electron chi connectivity index (χ0n) is 19.9. The van der Waals surface area contributed by atoms with Crippen LogP contribution in [0.4, 0.5) is 4.79 Å². The lowest BCUT2D eigenvalue weighted by atomic mass is 9.72. The minimum absolute atomic E-state index is 0.270. The van der Waals surface area contributed by atoms with E-state index in [9.17, 15) is 4.79 Å². The minimum Gasteiger partial charge on any atom is -0.439 e. The summed E-state index contributed by atoms with van der Waals surface area (Å²) in [7, 11) is -0.532. The van der Waals surface area contributed by atoms with Crippen molar-refractivity contribution in [3.63, 3.8) is 0 Å². The van der Waals surface area contributed by atoms with Crippen LogP contribution in [-0.2, 0) is 14.0 Å². The second-order valence-electron chi connectivity index (χ2n) is 10.3. The van der Waals surface area contributed by atoms with Gasteiger partial charge in [0.05, 0.1) is 17.1 Å². The molecule has 2 aliphatic heterocycles. The van der Waals surface area contributed by atoms with Gasteiger partial charge < -0.3 is 14.0 Å². The molecule has 2 aromatic carbocycles. The van der Waals surface area contributed by atoms with Crippen LogP contribution in [0.1, 0.15) is 71.2 Å². The third-order valence-corrected chi connectivity index (χ3v) is 6.95. The second kappa shape index (κ2) is 8.56. The number of rotatable bonds is 6. The number of carbonyl (C=O) groups excluding carboxylic acids is 1. The second-order valence-corrected chi connectivity index (χ2v) is 10.3.